The van der Waals surface area contributed by atoms with E-state index >= 15 is 0 Å². The maximum atomic E-state index is 11.1. The molecule has 0 radical (unpaired) electrons. The fourth-order valence-corrected chi connectivity index (χ4v) is 1.82. The first kappa shape index (κ1) is 10.5. The first-order chi connectivity index (χ1) is 6.22. The SMILES string of the molecule is CCCCCC1(CC)NCC(=O)N1. The summed E-state index contributed by atoms with van der Waals surface area (Å²) < 4.78 is 0. The fourth-order valence-electron chi connectivity index (χ4n) is 1.82. The van der Waals surface area contributed by atoms with E-state index in [9.17, 15) is 4.79 Å². The van der Waals surface area contributed by atoms with Crippen molar-refractivity contribution in [3.8, 4) is 0 Å². The van der Waals surface area contributed by atoms with E-state index in [4.69, 9.17) is 0 Å². The highest BCUT2D eigenvalue weighted by atomic mass is 16.2. The zero-order valence-electron chi connectivity index (χ0n) is 8.65. The largest absolute Gasteiger partial charge is 0.337 e. The summed E-state index contributed by atoms with van der Waals surface area (Å²) in [5.74, 6) is 0.137. The molecule has 1 saturated heterocycles. The van der Waals surface area contributed by atoms with Gasteiger partial charge in [0.2, 0.25) is 5.91 Å². The van der Waals surface area contributed by atoms with Crippen LogP contribution in [0.2, 0.25) is 0 Å². The Kier molecular flexibility index (Phi) is 3.72. The van der Waals surface area contributed by atoms with Crippen molar-refractivity contribution in [3.05, 3.63) is 0 Å². The maximum absolute atomic E-state index is 11.1. The van der Waals surface area contributed by atoms with Gasteiger partial charge in [0.25, 0.3) is 0 Å². The number of hydrogen-bond donors (Lipinski definition) is 2. The monoisotopic (exact) mass is 184 g/mol. The summed E-state index contributed by atoms with van der Waals surface area (Å²) in [5.41, 5.74) is -0.0910. The Hall–Kier alpha value is -0.570. The molecule has 2 N–H and O–H groups in total. The smallest absolute Gasteiger partial charge is 0.235 e. The van der Waals surface area contributed by atoms with Crippen LogP contribution in [-0.2, 0) is 4.79 Å². The van der Waals surface area contributed by atoms with Crippen molar-refractivity contribution >= 4 is 5.91 Å². The van der Waals surface area contributed by atoms with Crippen LogP contribution < -0.4 is 10.6 Å². The number of rotatable bonds is 5. The van der Waals surface area contributed by atoms with Crippen LogP contribution in [0, 0.1) is 0 Å². The second-order valence-electron chi connectivity index (χ2n) is 3.79. The molecule has 1 unspecified atom stereocenters. The van der Waals surface area contributed by atoms with E-state index in [2.05, 4.69) is 24.5 Å². The quantitative estimate of drug-likeness (QED) is 0.634. The van der Waals surface area contributed by atoms with Gasteiger partial charge >= 0.3 is 0 Å². The molecule has 1 aliphatic heterocycles. The van der Waals surface area contributed by atoms with Gasteiger partial charge in [-0.1, -0.05) is 26.7 Å². The lowest BCUT2D eigenvalue weighted by Crippen LogP contribution is -2.48. The molecule has 0 spiro atoms. The van der Waals surface area contributed by atoms with Gasteiger partial charge in [-0.05, 0) is 19.3 Å². The van der Waals surface area contributed by atoms with Gasteiger partial charge in [0.05, 0.1) is 12.2 Å². The highest BCUT2D eigenvalue weighted by molar-refractivity contribution is 5.81. The van der Waals surface area contributed by atoms with Crippen molar-refractivity contribution in [1.29, 1.82) is 0 Å². The molecule has 0 aromatic carbocycles. The van der Waals surface area contributed by atoms with Crippen molar-refractivity contribution in [1.82, 2.24) is 10.6 Å². The van der Waals surface area contributed by atoms with Crippen LogP contribution in [-0.4, -0.2) is 18.1 Å². The van der Waals surface area contributed by atoms with Crippen LogP contribution in [0.5, 0.6) is 0 Å². The van der Waals surface area contributed by atoms with E-state index in [1.165, 1.54) is 19.3 Å². The minimum absolute atomic E-state index is 0.0910. The molecule has 1 aliphatic rings. The van der Waals surface area contributed by atoms with Crippen molar-refractivity contribution in [2.45, 2.75) is 51.6 Å². The molecular formula is C10H20N2O. The Morgan fingerprint density at radius 1 is 1.38 bits per heavy atom. The zero-order valence-corrected chi connectivity index (χ0v) is 8.65. The Bertz CT molecular complexity index is 182. The predicted octanol–water partition coefficient (Wildman–Crippen LogP) is 1.39. The highest BCUT2D eigenvalue weighted by Gasteiger charge is 2.34. The van der Waals surface area contributed by atoms with Crippen LogP contribution in [0.15, 0.2) is 0 Å². The van der Waals surface area contributed by atoms with Crippen LogP contribution >= 0.6 is 0 Å². The van der Waals surface area contributed by atoms with Crippen LogP contribution in [0.3, 0.4) is 0 Å². The molecule has 0 aliphatic carbocycles. The number of carbonyl (C=O) groups is 1. The molecule has 13 heavy (non-hydrogen) atoms. The summed E-state index contributed by atoms with van der Waals surface area (Å²) in [6, 6.07) is 0. The number of nitrogens with one attached hydrogen (secondary N) is 2. The topological polar surface area (TPSA) is 41.1 Å². The Balaban J connectivity index is 2.37. The second-order valence-corrected chi connectivity index (χ2v) is 3.79. The molecule has 0 bridgehead atoms. The molecule has 3 heteroatoms. The first-order valence-electron chi connectivity index (χ1n) is 5.28. The Morgan fingerprint density at radius 2 is 2.15 bits per heavy atom. The number of carbonyl (C=O) groups excluding carboxylic acids is 1. The predicted molar refractivity (Wildman–Crippen MR) is 53.3 cm³/mol. The van der Waals surface area contributed by atoms with Gasteiger partial charge in [0.1, 0.15) is 0 Å². The standard InChI is InChI=1S/C10H20N2O/c1-3-5-6-7-10(4-2)11-8-9(13)12-10/h11H,3-8H2,1-2H3,(H,12,13). The summed E-state index contributed by atoms with van der Waals surface area (Å²) in [4.78, 5) is 11.1. The summed E-state index contributed by atoms with van der Waals surface area (Å²) in [7, 11) is 0. The zero-order chi connectivity index (χ0) is 9.73. The average molecular weight is 184 g/mol. The molecule has 1 fully saturated rings. The van der Waals surface area contributed by atoms with E-state index in [0.29, 0.717) is 6.54 Å². The van der Waals surface area contributed by atoms with Crippen molar-refractivity contribution in [2.75, 3.05) is 6.54 Å². The molecule has 0 aromatic heterocycles. The average Bonchev–Trinajstić information content (AvgIpc) is 2.49. The molecule has 1 atom stereocenters. The first-order valence-corrected chi connectivity index (χ1v) is 5.28. The second kappa shape index (κ2) is 4.61. The lowest BCUT2D eigenvalue weighted by molar-refractivity contribution is -0.118. The Morgan fingerprint density at radius 3 is 2.62 bits per heavy atom. The molecule has 1 heterocycles. The minimum atomic E-state index is -0.0910. The third-order valence-corrected chi connectivity index (χ3v) is 2.78. The van der Waals surface area contributed by atoms with Crippen molar-refractivity contribution in [2.24, 2.45) is 0 Å². The number of unbranched alkanes of at least 4 members (excludes halogenated alkanes) is 2. The van der Waals surface area contributed by atoms with Gasteiger partial charge < -0.3 is 5.32 Å². The van der Waals surface area contributed by atoms with E-state index in [1.807, 2.05) is 0 Å². The van der Waals surface area contributed by atoms with Crippen LogP contribution in [0.25, 0.3) is 0 Å². The summed E-state index contributed by atoms with van der Waals surface area (Å²) in [6.07, 6.45) is 5.70. The van der Waals surface area contributed by atoms with Crippen LogP contribution in [0.1, 0.15) is 46.0 Å². The van der Waals surface area contributed by atoms with E-state index < -0.39 is 0 Å². The van der Waals surface area contributed by atoms with E-state index in [1.54, 1.807) is 0 Å². The summed E-state index contributed by atoms with van der Waals surface area (Å²) in [5, 5.41) is 6.29. The lowest BCUT2D eigenvalue weighted by atomic mass is 10.00. The summed E-state index contributed by atoms with van der Waals surface area (Å²) >= 11 is 0. The van der Waals surface area contributed by atoms with E-state index in [0.717, 1.165) is 12.8 Å². The molecule has 1 amide bonds. The van der Waals surface area contributed by atoms with Gasteiger partial charge in [0, 0.05) is 0 Å². The number of amides is 1. The van der Waals surface area contributed by atoms with Gasteiger partial charge in [0.15, 0.2) is 0 Å². The van der Waals surface area contributed by atoms with Crippen LogP contribution in [0.4, 0.5) is 0 Å². The molecule has 0 aromatic rings. The van der Waals surface area contributed by atoms with Gasteiger partial charge in [-0.3, -0.25) is 10.1 Å². The summed E-state index contributed by atoms with van der Waals surface area (Å²) in [6.45, 7) is 4.80. The van der Waals surface area contributed by atoms with Gasteiger partial charge in [-0.15, -0.1) is 0 Å². The molecule has 0 saturated carbocycles. The minimum Gasteiger partial charge on any atom is -0.337 e. The van der Waals surface area contributed by atoms with Gasteiger partial charge in [-0.2, -0.15) is 0 Å². The molecular weight excluding hydrogens is 164 g/mol. The van der Waals surface area contributed by atoms with E-state index in [-0.39, 0.29) is 11.6 Å². The lowest BCUT2D eigenvalue weighted by Gasteiger charge is -2.27. The Labute approximate surface area is 80.3 Å². The van der Waals surface area contributed by atoms with Crippen molar-refractivity contribution < 1.29 is 4.79 Å². The van der Waals surface area contributed by atoms with Gasteiger partial charge in [-0.25, -0.2) is 0 Å². The molecule has 3 nitrogen and oxygen atoms in total. The van der Waals surface area contributed by atoms with Crippen molar-refractivity contribution in [3.63, 3.8) is 0 Å². The normalized spacial score (nSPS) is 27.7. The fraction of sp³-hybridized carbons (Fsp3) is 0.900. The number of hydrogen-bond acceptors (Lipinski definition) is 2. The molecule has 1 rings (SSSR count). The maximum Gasteiger partial charge on any atom is 0.235 e. The highest BCUT2D eigenvalue weighted by Crippen LogP contribution is 2.18. The third kappa shape index (κ3) is 2.69. The molecule has 76 valence electrons. The third-order valence-electron chi connectivity index (χ3n) is 2.78.